The number of nitrogens with one attached hydrogen (secondary N) is 1. The van der Waals surface area contributed by atoms with E-state index in [1.165, 1.54) is 12.1 Å². The summed E-state index contributed by atoms with van der Waals surface area (Å²) in [4.78, 5) is 11.1. The van der Waals surface area contributed by atoms with E-state index in [-0.39, 0.29) is 17.2 Å². The number of carboxylic acid groups (broad SMARTS) is 1. The van der Waals surface area contributed by atoms with Crippen LogP contribution in [0, 0.1) is 5.92 Å². The fourth-order valence-electron chi connectivity index (χ4n) is 1.53. The van der Waals surface area contributed by atoms with Gasteiger partial charge >= 0.3 is 5.97 Å². The van der Waals surface area contributed by atoms with Gasteiger partial charge in [-0.1, -0.05) is 32.0 Å². The van der Waals surface area contributed by atoms with Gasteiger partial charge in [0.25, 0.3) is 0 Å². The Hall–Kier alpha value is -1.40. The van der Waals surface area contributed by atoms with Crippen molar-refractivity contribution in [2.75, 3.05) is 0 Å². The van der Waals surface area contributed by atoms with E-state index in [1.807, 2.05) is 13.8 Å². The summed E-state index contributed by atoms with van der Waals surface area (Å²) in [6.07, 6.45) is 0.251. The van der Waals surface area contributed by atoms with Gasteiger partial charge in [0.1, 0.15) is 6.04 Å². The first kappa shape index (κ1) is 14.7. The van der Waals surface area contributed by atoms with Crippen molar-refractivity contribution in [1.82, 2.24) is 4.72 Å². The van der Waals surface area contributed by atoms with Crippen LogP contribution in [-0.4, -0.2) is 25.5 Å². The van der Waals surface area contributed by atoms with E-state index >= 15 is 0 Å². The lowest BCUT2D eigenvalue weighted by Crippen LogP contribution is -2.41. The summed E-state index contributed by atoms with van der Waals surface area (Å²) in [6, 6.07) is 6.63. The van der Waals surface area contributed by atoms with Gasteiger partial charge in [0.05, 0.1) is 4.90 Å². The molecule has 1 rings (SSSR count). The van der Waals surface area contributed by atoms with E-state index in [2.05, 4.69) is 4.72 Å². The van der Waals surface area contributed by atoms with Crippen LogP contribution >= 0.6 is 0 Å². The van der Waals surface area contributed by atoms with Crippen molar-refractivity contribution in [2.45, 2.75) is 31.2 Å². The lowest BCUT2D eigenvalue weighted by Gasteiger charge is -2.16. The number of hydrogen-bond donors (Lipinski definition) is 2. The third kappa shape index (κ3) is 4.12. The molecule has 0 saturated heterocycles. The quantitative estimate of drug-likeness (QED) is 0.820. The van der Waals surface area contributed by atoms with Crippen LogP contribution in [0.15, 0.2) is 35.2 Å². The molecule has 100 valence electrons. The predicted molar refractivity (Wildman–Crippen MR) is 67.6 cm³/mol. The normalized spacial score (nSPS) is 13.5. The van der Waals surface area contributed by atoms with E-state index in [0.717, 1.165) is 0 Å². The molecule has 0 amide bonds. The number of carbonyl (C=O) groups is 1. The van der Waals surface area contributed by atoms with Crippen molar-refractivity contribution >= 4 is 16.0 Å². The van der Waals surface area contributed by atoms with Crippen molar-refractivity contribution in [1.29, 1.82) is 0 Å². The van der Waals surface area contributed by atoms with Gasteiger partial charge in [-0.25, -0.2) is 8.42 Å². The molecule has 1 aromatic rings. The van der Waals surface area contributed by atoms with Crippen molar-refractivity contribution in [3.63, 3.8) is 0 Å². The van der Waals surface area contributed by atoms with Crippen molar-refractivity contribution in [3.05, 3.63) is 30.3 Å². The standard InChI is InChI=1S/C12H17NO4S/c1-9(2)8-11(12(14)15)13-18(16,17)10-6-4-3-5-7-10/h3-7,9,11,13H,8H2,1-2H3,(H,14,15)/t11-/m0/s1. The van der Waals surface area contributed by atoms with Crippen LogP contribution in [0.4, 0.5) is 0 Å². The molecule has 0 saturated carbocycles. The maximum Gasteiger partial charge on any atom is 0.321 e. The summed E-state index contributed by atoms with van der Waals surface area (Å²) < 4.78 is 26.1. The first-order chi connectivity index (χ1) is 8.33. The Bertz CT molecular complexity index is 496. The highest BCUT2D eigenvalue weighted by molar-refractivity contribution is 7.89. The van der Waals surface area contributed by atoms with Crippen LogP contribution in [0.25, 0.3) is 0 Å². The van der Waals surface area contributed by atoms with Gasteiger partial charge in [0.2, 0.25) is 10.0 Å². The highest BCUT2D eigenvalue weighted by Crippen LogP contribution is 2.11. The maximum absolute atomic E-state index is 12.0. The molecule has 0 bridgehead atoms. The fourth-order valence-corrected chi connectivity index (χ4v) is 2.75. The fraction of sp³-hybridized carbons (Fsp3) is 0.417. The second-order valence-corrected chi connectivity index (χ2v) is 6.17. The minimum Gasteiger partial charge on any atom is -0.480 e. The number of benzene rings is 1. The molecule has 2 N–H and O–H groups in total. The van der Waals surface area contributed by atoms with Gasteiger partial charge in [0, 0.05) is 0 Å². The van der Waals surface area contributed by atoms with Crippen LogP contribution < -0.4 is 4.72 Å². The Balaban J connectivity index is 2.90. The summed E-state index contributed by atoms with van der Waals surface area (Å²) in [5.74, 6) is -1.08. The van der Waals surface area contributed by atoms with Crippen LogP contribution in [0.5, 0.6) is 0 Å². The Morgan fingerprint density at radius 2 is 1.83 bits per heavy atom. The molecule has 0 aliphatic carbocycles. The molecule has 0 aliphatic heterocycles. The molecule has 0 heterocycles. The number of hydrogen-bond acceptors (Lipinski definition) is 3. The Morgan fingerprint density at radius 3 is 2.28 bits per heavy atom. The smallest absolute Gasteiger partial charge is 0.321 e. The summed E-state index contributed by atoms with van der Waals surface area (Å²) in [7, 11) is -3.78. The van der Waals surface area contributed by atoms with Gasteiger partial charge in [-0.05, 0) is 24.5 Å². The van der Waals surface area contributed by atoms with Crippen LogP contribution in [0.2, 0.25) is 0 Å². The molecular weight excluding hydrogens is 254 g/mol. The van der Waals surface area contributed by atoms with Crippen LogP contribution in [-0.2, 0) is 14.8 Å². The lowest BCUT2D eigenvalue weighted by atomic mass is 10.1. The highest BCUT2D eigenvalue weighted by atomic mass is 32.2. The molecule has 5 nitrogen and oxygen atoms in total. The Kier molecular flexibility index (Phi) is 4.86. The van der Waals surface area contributed by atoms with E-state index in [1.54, 1.807) is 18.2 Å². The number of sulfonamides is 1. The van der Waals surface area contributed by atoms with Gasteiger partial charge in [-0.15, -0.1) is 0 Å². The highest BCUT2D eigenvalue weighted by Gasteiger charge is 2.25. The van der Waals surface area contributed by atoms with E-state index < -0.39 is 22.0 Å². The van der Waals surface area contributed by atoms with Gasteiger partial charge in [-0.3, -0.25) is 4.79 Å². The molecule has 0 fully saturated rings. The average molecular weight is 271 g/mol. The molecule has 0 spiro atoms. The largest absolute Gasteiger partial charge is 0.480 e. The SMILES string of the molecule is CC(C)C[C@H](NS(=O)(=O)c1ccccc1)C(=O)O. The van der Waals surface area contributed by atoms with Crippen molar-refractivity contribution < 1.29 is 18.3 Å². The number of carboxylic acids is 1. The van der Waals surface area contributed by atoms with E-state index in [0.29, 0.717) is 0 Å². The zero-order valence-electron chi connectivity index (χ0n) is 10.3. The van der Waals surface area contributed by atoms with Crippen LogP contribution in [0.3, 0.4) is 0 Å². The molecular formula is C12H17NO4S. The zero-order valence-corrected chi connectivity index (χ0v) is 11.1. The molecule has 0 unspecified atom stereocenters. The summed E-state index contributed by atoms with van der Waals surface area (Å²) in [5, 5.41) is 9.01. The topological polar surface area (TPSA) is 83.5 Å². The summed E-state index contributed by atoms with van der Waals surface area (Å²) in [6.45, 7) is 3.68. The van der Waals surface area contributed by atoms with E-state index in [9.17, 15) is 13.2 Å². The second-order valence-electron chi connectivity index (χ2n) is 4.45. The molecule has 6 heteroatoms. The van der Waals surface area contributed by atoms with Gasteiger partial charge in [0.15, 0.2) is 0 Å². The lowest BCUT2D eigenvalue weighted by molar-refractivity contribution is -0.139. The third-order valence-electron chi connectivity index (χ3n) is 2.36. The van der Waals surface area contributed by atoms with Gasteiger partial charge in [-0.2, -0.15) is 4.72 Å². The predicted octanol–water partition coefficient (Wildman–Crippen LogP) is 1.46. The molecule has 0 radical (unpaired) electrons. The minimum atomic E-state index is -3.78. The van der Waals surface area contributed by atoms with Crippen LogP contribution in [0.1, 0.15) is 20.3 Å². The number of rotatable bonds is 6. The van der Waals surface area contributed by atoms with Crippen molar-refractivity contribution in [3.8, 4) is 0 Å². The summed E-state index contributed by atoms with van der Waals surface area (Å²) >= 11 is 0. The Labute approximate surface area is 107 Å². The third-order valence-corrected chi connectivity index (χ3v) is 3.84. The second kappa shape index (κ2) is 5.97. The molecule has 0 aliphatic rings. The first-order valence-electron chi connectivity index (χ1n) is 5.63. The zero-order chi connectivity index (χ0) is 13.8. The molecule has 1 atom stereocenters. The van der Waals surface area contributed by atoms with Gasteiger partial charge < -0.3 is 5.11 Å². The monoisotopic (exact) mass is 271 g/mol. The molecule has 18 heavy (non-hydrogen) atoms. The molecule has 1 aromatic carbocycles. The molecule has 0 aromatic heterocycles. The number of aliphatic carboxylic acids is 1. The summed E-state index contributed by atoms with van der Waals surface area (Å²) in [5.41, 5.74) is 0. The Morgan fingerprint density at radius 1 is 1.28 bits per heavy atom. The van der Waals surface area contributed by atoms with E-state index in [4.69, 9.17) is 5.11 Å². The average Bonchev–Trinajstić information content (AvgIpc) is 2.28. The van der Waals surface area contributed by atoms with Crippen molar-refractivity contribution in [2.24, 2.45) is 5.92 Å². The maximum atomic E-state index is 12.0. The first-order valence-corrected chi connectivity index (χ1v) is 7.11. The minimum absolute atomic E-state index is 0.0695.